The molecule has 0 saturated heterocycles. The van der Waals surface area contributed by atoms with Crippen molar-refractivity contribution in [2.45, 2.75) is 58.9 Å². The van der Waals surface area contributed by atoms with Gasteiger partial charge in [-0.05, 0) is 54.9 Å². The molecule has 2 heteroatoms. The van der Waals surface area contributed by atoms with E-state index >= 15 is 0 Å². The van der Waals surface area contributed by atoms with Crippen molar-refractivity contribution in [3.8, 4) is 0 Å². The molecule has 0 amide bonds. The Balaban J connectivity index is 2.14. The van der Waals surface area contributed by atoms with Crippen LogP contribution in [0.4, 0.5) is 5.69 Å². The van der Waals surface area contributed by atoms with E-state index in [2.05, 4.69) is 60.2 Å². The van der Waals surface area contributed by atoms with Crippen molar-refractivity contribution in [1.82, 2.24) is 0 Å². The highest BCUT2D eigenvalue weighted by molar-refractivity contribution is 9.10. The topological polar surface area (TPSA) is 12.0 Å². The van der Waals surface area contributed by atoms with E-state index in [1.807, 2.05) is 0 Å². The molecule has 19 heavy (non-hydrogen) atoms. The number of hydrogen-bond acceptors (Lipinski definition) is 1. The molecule has 1 aromatic carbocycles. The summed E-state index contributed by atoms with van der Waals surface area (Å²) < 4.78 is 1.18. The third-order valence-electron chi connectivity index (χ3n) is 4.46. The Morgan fingerprint density at radius 2 is 2.00 bits per heavy atom. The van der Waals surface area contributed by atoms with Crippen molar-refractivity contribution in [3.63, 3.8) is 0 Å². The van der Waals surface area contributed by atoms with E-state index in [-0.39, 0.29) is 0 Å². The van der Waals surface area contributed by atoms with Crippen LogP contribution in [-0.2, 0) is 6.42 Å². The number of anilines is 1. The van der Waals surface area contributed by atoms with Gasteiger partial charge in [0.1, 0.15) is 0 Å². The Morgan fingerprint density at radius 1 is 1.26 bits per heavy atom. The summed E-state index contributed by atoms with van der Waals surface area (Å²) >= 11 is 3.57. The first-order valence-electron chi connectivity index (χ1n) is 7.66. The lowest BCUT2D eigenvalue weighted by atomic mass is 9.77. The average Bonchev–Trinajstić information content (AvgIpc) is 2.41. The Hall–Kier alpha value is -0.500. The van der Waals surface area contributed by atoms with Gasteiger partial charge in [0.25, 0.3) is 0 Å². The quantitative estimate of drug-likeness (QED) is 0.756. The van der Waals surface area contributed by atoms with Gasteiger partial charge in [-0.3, -0.25) is 0 Å². The maximum absolute atomic E-state index is 3.84. The van der Waals surface area contributed by atoms with Gasteiger partial charge in [-0.15, -0.1) is 0 Å². The van der Waals surface area contributed by atoms with Crippen LogP contribution in [0.1, 0.15) is 52.0 Å². The maximum Gasteiger partial charge on any atom is 0.0375 e. The van der Waals surface area contributed by atoms with Crippen LogP contribution >= 0.6 is 15.9 Å². The van der Waals surface area contributed by atoms with Gasteiger partial charge in [0, 0.05) is 16.2 Å². The molecule has 1 saturated carbocycles. The molecule has 0 radical (unpaired) electrons. The molecule has 1 aromatic rings. The van der Waals surface area contributed by atoms with E-state index in [1.165, 1.54) is 41.4 Å². The molecule has 0 aliphatic heterocycles. The summed E-state index contributed by atoms with van der Waals surface area (Å²) in [5, 5.41) is 3.84. The van der Waals surface area contributed by atoms with Crippen LogP contribution in [0.3, 0.4) is 0 Å². The van der Waals surface area contributed by atoms with Crippen molar-refractivity contribution in [3.05, 3.63) is 28.2 Å². The third-order valence-corrected chi connectivity index (χ3v) is 4.96. The van der Waals surface area contributed by atoms with Crippen molar-refractivity contribution < 1.29 is 0 Å². The highest BCUT2D eigenvalue weighted by Crippen LogP contribution is 2.33. The smallest absolute Gasteiger partial charge is 0.0375 e. The average molecular weight is 324 g/mol. The molecule has 0 spiro atoms. The number of halogens is 1. The Morgan fingerprint density at radius 3 is 2.68 bits per heavy atom. The molecule has 0 bridgehead atoms. The van der Waals surface area contributed by atoms with Crippen LogP contribution in [0.25, 0.3) is 0 Å². The second-order valence-corrected chi connectivity index (χ2v) is 7.01. The van der Waals surface area contributed by atoms with Crippen molar-refractivity contribution in [1.29, 1.82) is 0 Å². The number of nitrogens with one attached hydrogen (secondary N) is 1. The zero-order valence-electron chi connectivity index (χ0n) is 12.4. The zero-order chi connectivity index (χ0) is 13.8. The van der Waals surface area contributed by atoms with Crippen LogP contribution in [-0.4, -0.2) is 6.04 Å². The number of aryl methyl sites for hydroxylation is 1. The van der Waals surface area contributed by atoms with Gasteiger partial charge >= 0.3 is 0 Å². The summed E-state index contributed by atoms with van der Waals surface area (Å²) in [5.41, 5.74) is 2.76. The van der Waals surface area contributed by atoms with Crippen LogP contribution in [0.2, 0.25) is 0 Å². The van der Waals surface area contributed by atoms with Crippen LogP contribution in [0.15, 0.2) is 22.7 Å². The van der Waals surface area contributed by atoms with Crippen LogP contribution < -0.4 is 5.32 Å². The van der Waals surface area contributed by atoms with Gasteiger partial charge in [0.2, 0.25) is 0 Å². The predicted molar refractivity (Wildman–Crippen MR) is 87.7 cm³/mol. The van der Waals surface area contributed by atoms with E-state index in [1.54, 1.807) is 0 Å². The lowest BCUT2D eigenvalue weighted by molar-refractivity contribution is 0.253. The van der Waals surface area contributed by atoms with Crippen LogP contribution in [0.5, 0.6) is 0 Å². The van der Waals surface area contributed by atoms with E-state index in [4.69, 9.17) is 0 Å². The standard InChI is InChI=1S/C17H26BrN/c1-4-13-11-14(18)9-10-16(13)19-17-8-6-5-7-15(17)12(2)3/h9-12,15,17,19H,4-8H2,1-3H3. The van der Waals surface area contributed by atoms with Crippen molar-refractivity contribution in [2.75, 3.05) is 5.32 Å². The molecule has 1 nitrogen and oxygen atoms in total. The Labute approximate surface area is 126 Å². The van der Waals surface area contributed by atoms with Crippen molar-refractivity contribution >= 4 is 21.6 Å². The molecule has 1 aliphatic carbocycles. The molecule has 2 rings (SSSR count). The lowest BCUT2D eigenvalue weighted by Crippen LogP contribution is -2.35. The van der Waals surface area contributed by atoms with Gasteiger partial charge in [-0.2, -0.15) is 0 Å². The zero-order valence-corrected chi connectivity index (χ0v) is 14.0. The largest absolute Gasteiger partial charge is 0.382 e. The molecule has 1 fully saturated rings. The summed E-state index contributed by atoms with van der Waals surface area (Å²) in [7, 11) is 0. The van der Waals surface area contributed by atoms with Gasteiger partial charge < -0.3 is 5.32 Å². The summed E-state index contributed by atoms with van der Waals surface area (Å²) in [6.07, 6.45) is 6.57. The molecule has 106 valence electrons. The molecule has 0 aromatic heterocycles. The maximum atomic E-state index is 3.84. The summed E-state index contributed by atoms with van der Waals surface area (Å²) in [6.45, 7) is 6.97. The summed E-state index contributed by atoms with van der Waals surface area (Å²) in [6, 6.07) is 7.28. The highest BCUT2D eigenvalue weighted by Gasteiger charge is 2.27. The van der Waals surface area contributed by atoms with Crippen molar-refractivity contribution in [2.24, 2.45) is 11.8 Å². The molecule has 1 aliphatic rings. The normalized spacial score (nSPS) is 23.6. The van der Waals surface area contributed by atoms with Crippen LogP contribution in [0, 0.1) is 11.8 Å². The Bertz CT molecular complexity index is 414. The Kier molecular flexibility index (Phi) is 5.32. The lowest BCUT2D eigenvalue weighted by Gasteiger charge is -2.36. The molecule has 1 N–H and O–H groups in total. The summed E-state index contributed by atoms with van der Waals surface area (Å²) in [5.74, 6) is 1.60. The fourth-order valence-corrected chi connectivity index (χ4v) is 3.74. The summed E-state index contributed by atoms with van der Waals surface area (Å²) in [4.78, 5) is 0. The van der Waals surface area contributed by atoms with Gasteiger partial charge in [0.05, 0.1) is 0 Å². The minimum Gasteiger partial charge on any atom is -0.382 e. The molecule has 0 heterocycles. The second-order valence-electron chi connectivity index (χ2n) is 6.10. The molecular formula is C17H26BrN. The number of benzene rings is 1. The van der Waals surface area contributed by atoms with Gasteiger partial charge in [-0.1, -0.05) is 49.5 Å². The monoisotopic (exact) mass is 323 g/mol. The third kappa shape index (κ3) is 3.75. The van der Waals surface area contributed by atoms with E-state index < -0.39 is 0 Å². The first-order chi connectivity index (χ1) is 9.11. The number of rotatable bonds is 4. The van der Waals surface area contributed by atoms with E-state index in [0.29, 0.717) is 6.04 Å². The van der Waals surface area contributed by atoms with Gasteiger partial charge in [-0.25, -0.2) is 0 Å². The minimum absolute atomic E-state index is 0.653. The van der Waals surface area contributed by atoms with E-state index in [9.17, 15) is 0 Å². The molecule has 2 atom stereocenters. The fourth-order valence-electron chi connectivity index (χ4n) is 3.33. The first kappa shape index (κ1) is 14.9. The molecule has 2 unspecified atom stereocenters. The fraction of sp³-hybridized carbons (Fsp3) is 0.647. The minimum atomic E-state index is 0.653. The van der Waals surface area contributed by atoms with E-state index in [0.717, 1.165) is 18.3 Å². The predicted octanol–water partition coefficient (Wildman–Crippen LogP) is 5.64. The van der Waals surface area contributed by atoms with Gasteiger partial charge in [0.15, 0.2) is 0 Å². The first-order valence-corrected chi connectivity index (χ1v) is 8.46. The SMILES string of the molecule is CCc1cc(Br)ccc1NC1CCCCC1C(C)C. The number of hydrogen-bond donors (Lipinski definition) is 1. The molecular weight excluding hydrogens is 298 g/mol. The highest BCUT2D eigenvalue weighted by atomic mass is 79.9. The second kappa shape index (κ2) is 6.78.